The van der Waals surface area contributed by atoms with Crippen LogP contribution in [0.4, 0.5) is 0 Å². The highest BCUT2D eigenvalue weighted by Gasteiger charge is 2.06. The first-order chi connectivity index (χ1) is 8.97. The first kappa shape index (κ1) is 13.3. The zero-order chi connectivity index (χ0) is 14.0. The van der Waals surface area contributed by atoms with E-state index in [0.717, 1.165) is 16.1 Å². The Morgan fingerprint density at radius 2 is 1.84 bits per heavy atom. The molecule has 6 heteroatoms. The average molecular weight is 277 g/mol. The van der Waals surface area contributed by atoms with E-state index in [1.165, 1.54) is 12.4 Å². The number of nitrogens with zero attached hydrogens (tertiary/aromatic N) is 2. The van der Waals surface area contributed by atoms with Gasteiger partial charge in [0, 0.05) is 5.02 Å². The Morgan fingerprint density at radius 3 is 2.32 bits per heavy atom. The summed E-state index contributed by atoms with van der Waals surface area (Å²) in [6.07, 6.45) is 2.82. The number of aryl methyl sites for hydroxylation is 2. The van der Waals surface area contributed by atoms with Gasteiger partial charge in [0.1, 0.15) is 17.3 Å². The minimum atomic E-state index is -0.128. The second kappa shape index (κ2) is 5.24. The predicted molar refractivity (Wildman–Crippen MR) is 74.0 cm³/mol. The summed E-state index contributed by atoms with van der Waals surface area (Å²) in [4.78, 5) is 8.01. The monoisotopic (exact) mass is 276 g/mol. The standard InChI is InChI=1S/C13H13ClN4O/c1-7-3-9(4-8(2)12(7)14)19-11-6-17-10(5-18-11)13(15)16/h3-6H,1-2H3,(H3,15,16). The Labute approximate surface area is 115 Å². The minimum Gasteiger partial charge on any atom is -0.437 e. The molecule has 2 aromatic rings. The van der Waals surface area contributed by atoms with Crippen molar-refractivity contribution in [2.45, 2.75) is 13.8 Å². The van der Waals surface area contributed by atoms with Crippen LogP contribution in [0, 0.1) is 19.3 Å². The van der Waals surface area contributed by atoms with Crippen LogP contribution in [0.25, 0.3) is 0 Å². The van der Waals surface area contributed by atoms with Crippen LogP contribution < -0.4 is 10.5 Å². The van der Waals surface area contributed by atoms with Crippen molar-refractivity contribution < 1.29 is 4.74 Å². The van der Waals surface area contributed by atoms with Crippen LogP contribution >= 0.6 is 11.6 Å². The number of halogens is 1. The van der Waals surface area contributed by atoms with Crippen LogP contribution in [0.3, 0.4) is 0 Å². The lowest BCUT2D eigenvalue weighted by molar-refractivity contribution is 0.459. The van der Waals surface area contributed by atoms with Crippen molar-refractivity contribution in [3.8, 4) is 11.6 Å². The first-order valence-corrected chi connectivity index (χ1v) is 5.96. The fourth-order valence-corrected chi connectivity index (χ4v) is 1.70. The molecule has 0 fully saturated rings. The Kier molecular flexibility index (Phi) is 3.66. The number of nitrogen functional groups attached to an aromatic ring is 1. The predicted octanol–water partition coefficient (Wildman–Crippen LogP) is 2.82. The van der Waals surface area contributed by atoms with Crippen LogP contribution in [0.5, 0.6) is 11.6 Å². The normalized spacial score (nSPS) is 10.3. The Balaban J connectivity index is 2.24. The molecule has 0 amide bonds. The number of nitrogens with one attached hydrogen (secondary N) is 1. The van der Waals surface area contributed by atoms with Gasteiger partial charge in [0.05, 0.1) is 12.4 Å². The highest BCUT2D eigenvalue weighted by molar-refractivity contribution is 6.32. The molecule has 2 rings (SSSR count). The summed E-state index contributed by atoms with van der Waals surface area (Å²) in [5, 5.41) is 7.95. The van der Waals surface area contributed by atoms with Gasteiger partial charge >= 0.3 is 0 Å². The van der Waals surface area contributed by atoms with E-state index in [1.54, 1.807) is 0 Å². The van der Waals surface area contributed by atoms with Crippen molar-refractivity contribution >= 4 is 17.4 Å². The number of amidine groups is 1. The lowest BCUT2D eigenvalue weighted by Gasteiger charge is -2.08. The van der Waals surface area contributed by atoms with Gasteiger partial charge in [-0.15, -0.1) is 0 Å². The zero-order valence-electron chi connectivity index (χ0n) is 10.6. The molecule has 0 bridgehead atoms. The van der Waals surface area contributed by atoms with Gasteiger partial charge in [-0.25, -0.2) is 9.97 Å². The van der Waals surface area contributed by atoms with Crippen molar-refractivity contribution in [1.29, 1.82) is 5.41 Å². The number of nitrogens with two attached hydrogens (primary N) is 1. The fraction of sp³-hybridized carbons (Fsp3) is 0.154. The molecule has 0 aliphatic rings. The van der Waals surface area contributed by atoms with E-state index in [1.807, 2.05) is 26.0 Å². The van der Waals surface area contributed by atoms with E-state index in [9.17, 15) is 0 Å². The number of benzene rings is 1. The van der Waals surface area contributed by atoms with E-state index in [4.69, 9.17) is 27.5 Å². The van der Waals surface area contributed by atoms with Crippen LogP contribution in [-0.2, 0) is 0 Å². The van der Waals surface area contributed by atoms with Gasteiger partial charge in [-0.1, -0.05) is 11.6 Å². The summed E-state index contributed by atoms with van der Waals surface area (Å²) in [5.74, 6) is 0.854. The van der Waals surface area contributed by atoms with E-state index in [0.29, 0.717) is 17.3 Å². The van der Waals surface area contributed by atoms with Crippen molar-refractivity contribution in [3.63, 3.8) is 0 Å². The third-order valence-corrected chi connectivity index (χ3v) is 3.13. The number of rotatable bonds is 3. The van der Waals surface area contributed by atoms with Gasteiger partial charge in [-0.3, -0.25) is 5.41 Å². The van der Waals surface area contributed by atoms with Crippen molar-refractivity contribution in [1.82, 2.24) is 9.97 Å². The molecule has 0 aliphatic carbocycles. The van der Waals surface area contributed by atoms with E-state index in [2.05, 4.69) is 9.97 Å². The first-order valence-electron chi connectivity index (χ1n) is 5.58. The smallest absolute Gasteiger partial charge is 0.237 e. The van der Waals surface area contributed by atoms with Gasteiger partial charge in [0.2, 0.25) is 5.88 Å². The Bertz CT molecular complexity index is 602. The van der Waals surface area contributed by atoms with Crippen LogP contribution in [0.1, 0.15) is 16.8 Å². The molecule has 3 N–H and O–H groups in total. The fourth-order valence-electron chi connectivity index (χ4n) is 1.59. The Hall–Kier alpha value is -2.14. The summed E-state index contributed by atoms with van der Waals surface area (Å²) < 4.78 is 5.59. The van der Waals surface area contributed by atoms with Crippen LogP contribution in [-0.4, -0.2) is 15.8 Å². The highest BCUT2D eigenvalue weighted by Crippen LogP contribution is 2.28. The van der Waals surface area contributed by atoms with Crippen LogP contribution in [0.15, 0.2) is 24.5 Å². The lowest BCUT2D eigenvalue weighted by atomic mass is 10.1. The van der Waals surface area contributed by atoms with E-state index >= 15 is 0 Å². The molecule has 0 unspecified atom stereocenters. The zero-order valence-corrected chi connectivity index (χ0v) is 11.3. The quantitative estimate of drug-likeness (QED) is 0.667. The maximum atomic E-state index is 7.23. The summed E-state index contributed by atoms with van der Waals surface area (Å²) >= 11 is 6.09. The highest BCUT2D eigenvalue weighted by atomic mass is 35.5. The Morgan fingerprint density at radius 1 is 1.21 bits per heavy atom. The van der Waals surface area contributed by atoms with Crippen molar-refractivity contribution in [2.75, 3.05) is 0 Å². The van der Waals surface area contributed by atoms with Gasteiger partial charge in [0.15, 0.2) is 0 Å². The lowest BCUT2D eigenvalue weighted by Crippen LogP contribution is -2.13. The molecule has 5 nitrogen and oxygen atoms in total. The molecule has 0 saturated carbocycles. The third kappa shape index (κ3) is 3.00. The second-order valence-electron chi connectivity index (χ2n) is 4.13. The van der Waals surface area contributed by atoms with Crippen LogP contribution in [0.2, 0.25) is 5.02 Å². The molecular weight excluding hydrogens is 264 g/mol. The third-order valence-electron chi connectivity index (χ3n) is 2.54. The minimum absolute atomic E-state index is 0.128. The summed E-state index contributed by atoms with van der Waals surface area (Å²) in [7, 11) is 0. The molecule has 98 valence electrons. The molecule has 0 saturated heterocycles. The van der Waals surface area contributed by atoms with Gasteiger partial charge in [-0.05, 0) is 37.1 Å². The summed E-state index contributed by atoms with van der Waals surface area (Å²) in [5.41, 5.74) is 7.48. The molecule has 0 aliphatic heterocycles. The molecule has 1 aromatic heterocycles. The average Bonchev–Trinajstić information content (AvgIpc) is 2.36. The molecule has 0 spiro atoms. The van der Waals surface area contributed by atoms with Gasteiger partial charge in [-0.2, -0.15) is 0 Å². The number of ether oxygens (including phenoxy) is 1. The molecule has 19 heavy (non-hydrogen) atoms. The van der Waals surface area contributed by atoms with E-state index < -0.39 is 0 Å². The molecule has 1 heterocycles. The molecule has 0 atom stereocenters. The summed E-state index contributed by atoms with van der Waals surface area (Å²) in [6.45, 7) is 3.82. The maximum absolute atomic E-state index is 7.23. The topological polar surface area (TPSA) is 84.9 Å². The van der Waals surface area contributed by atoms with Crippen molar-refractivity contribution in [2.24, 2.45) is 5.73 Å². The second-order valence-corrected chi connectivity index (χ2v) is 4.50. The van der Waals surface area contributed by atoms with E-state index in [-0.39, 0.29) is 5.84 Å². The SMILES string of the molecule is Cc1cc(Oc2cnc(C(=N)N)cn2)cc(C)c1Cl. The number of aromatic nitrogens is 2. The summed E-state index contributed by atoms with van der Waals surface area (Å²) in [6, 6.07) is 3.66. The molecular formula is C13H13ClN4O. The van der Waals surface area contributed by atoms with Gasteiger partial charge in [0.25, 0.3) is 0 Å². The van der Waals surface area contributed by atoms with Crippen molar-refractivity contribution in [3.05, 3.63) is 46.4 Å². The maximum Gasteiger partial charge on any atom is 0.237 e. The molecule has 0 radical (unpaired) electrons. The molecule has 1 aromatic carbocycles. The number of hydrogen-bond acceptors (Lipinski definition) is 4. The largest absolute Gasteiger partial charge is 0.437 e. The number of hydrogen-bond donors (Lipinski definition) is 2. The van der Waals surface area contributed by atoms with Gasteiger partial charge < -0.3 is 10.5 Å².